The van der Waals surface area contributed by atoms with Gasteiger partial charge in [-0.05, 0) is 30.9 Å². The van der Waals surface area contributed by atoms with Crippen molar-refractivity contribution in [3.05, 3.63) is 41.0 Å². The van der Waals surface area contributed by atoms with E-state index in [0.29, 0.717) is 11.5 Å². The summed E-state index contributed by atoms with van der Waals surface area (Å²) in [5.74, 6) is -0.119. The number of hydrogen-bond acceptors (Lipinski definition) is 2. The summed E-state index contributed by atoms with van der Waals surface area (Å²) >= 11 is 3.71. The minimum Gasteiger partial charge on any atom is -0.350 e. The Morgan fingerprint density at radius 2 is 1.77 bits per heavy atom. The van der Waals surface area contributed by atoms with Crippen LogP contribution in [0.3, 0.4) is 0 Å². The number of allylic oxidation sites excluding steroid dienone is 1. The molecular formula is C18H22BrNO2. The number of benzene rings is 1. The molecule has 0 aromatic heterocycles. The van der Waals surface area contributed by atoms with Crippen molar-refractivity contribution in [3.63, 3.8) is 0 Å². The molecule has 22 heavy (non-hydrogen) atoms. The largest absolute Gasteiger partial charge is 0.350 e. The van der Waals surface area contributed by atoms with Crippen LogP contribution in [0.2, 0.25) is 0 Å². The highest BCUT2D eigenvalue weighted by molar-refractivity contribution is 9.09. The lowest BCUT2D eigenvalue weighted by Gasteiger charge is -2.20. The van der Waals surface area contributed by atoms with E-state index < -0.39 is 0 Å². The predicted molar refractivity (Wildman–Crippen MR) is 93.1 cm³/mol. The normalized spacial score (nSPS) is 16.7. The zero-order valence-corrected chi connectivity index (χ0v) is 15.0. The van der Waals surface area contributed by atoms with E-state index in [9.17, 15) is 9.59 Å². The predicted octanol–water partition coefficient (Wildman–Crippen LogP) is 3.97. The number of nitrogens with one attached hydrogen (secondary N) is 1. The second-order valence-electron chi connectivity index (χ2n) is 6.08. The van der Waals surface area contributed by atoms with Crippen molar-refractivity contribution in [1.29, 1.82) is 0 Å². The van der Waals surface area contributed by atoms with Gasteiger partial charge in [-0.15, -0.1) is 0 Å². The number of fused-ring (bicyclic) bond motifs is 1. The molecule has 1 amide bonds. The number of amides is 1. The van der Waals surface area contributed by atoms with Gasteiger partial charge in [0.15, 0.2) is 5.78 Å². The topological polar surface area (TPSA) is 46.2 Å². The van der Waals surface area contributed by atoms with Crippen LogP contribution in [-0.2, 0) is 4.79 Å². The molecule has 118 valence electrons. The van der Waals surface area contributed by atoms with Crippen molar-refractivity contribution < 1.29 is 9.59 Å². The van der Waals surface area contributed by atoms with Crippen LogP contribution < -0.4 is 5.32 Å². The first-order valence-corrected chi connectivity index (χ1v) is 8.63. The fourth-order valence-electron chi connectivity index (χ4n) is 2.65. The van der Waals surface area contributed by atoms with E-state index in [1.807, 2.05) is 32.0 Å². The number of alkyl halides is 1. The van der Waals surface area contributed by atoms with Gasteiger partial charge >= 0.3 is 0 Å². The fraction of sp³-hybridized carbons (Fsp3) is 0.444. The first kappa shape index (κ1) is 16.9. The molecule has 3 nitrogen and oxygen atoms in total. The zero-order valence-electron chi connectivity index (χ0n) is 13.4. The summed E-state index contributed by atoms with van der Waals surface area (Å²) in [5, 5.41) is 2.85. The lowest BCUT2D eigenvalue weighted by Crippen LogP contribution is -2.34. The molecule has 0 aliphatic heterocycles. The third-order valence-electron chi connectivity index (χ3n) is 4.02. The van der Waals surface area contributed by atoms with Crippen LogP contribution in [0.1, 0.15) is 50.0 Å². The Morgan fingerprint density at radius 3 is 2.32 bits per heavy atom. The average Bonchev–Trinajstić information content (AvgIpc) is 2.78. The standard InChI is InChI=1S/C18H22BrNO2/c1-5-11(4)16(19)14-12-8-6-7-9-13(12)17(21)15(14)18(22)20-10(2)3/h6-11,16H,5H2,1-4H3,(H,20,22). The Kier molecular flexibility index (Phi) is 5.22. The molecular weight excluding hydrogens is 342 g/mol. The molecule has 0 spiro atoms. The highest BCUT2D eigenvalue weighted by atomic mass is 79.9. The summed E-state index contributed by atoms with van der Waals surface area (Å²) in [7, 11) is 0. The molecule has 0 saturated carbocycles. The van der Waals surface area contributed by atoms with Crippen molar-refractivity contribution >= 4 is 33.2 Å². The molecule has 0 radical (unpaired) electrons. The van der Waals surface area contributed by atoms with E-state index in [1.165, 1.54) is 0 Å². The summed E-state index contributed by atoms with van der Waals surface area (Å²) in [6, 6.07) is 7.46. The van der Waals surface area contributed by atoms with Gasteiger partial charge < -0.3 is 5.32 Å². The summed E-state index contributed by atoms with van der Waals surface area (Å²) in [6.07, 6.45) is 0.967. The molecule has 2 unspecified atom stereocenters. The van der Waals surface area contributed by atoms with Crippen molar-refractivity contribution in [2.24, 2.45) is 5.92 Å². The van der Waals surface area contributed by atoms with Crippen LogP contribution in [0, 0.1) is 5.92 Å². The van der Waals surface area contributed by atoms with E-state index in [4.69, 9.17) is 0 Å². The van der Waals surface area contributed by atoms with Crippen LogP contribution in [-0.4, -0.2) is 22.6 Å². The molecule has 0 heterocycles. The van der Waals surface area contributed by atoms with Crippen molar-refractivity contribution in [3.8, 4) is 0 Å². The van der Waals surface area contributed by atoms with Crippen LogP contribution in [0.25, 0.3) is 5.57 Å². The molecule has 1 aromatic rings. The molecule has 0 saturated heterocycles. The van der Waals surface area contributed by atoms with Gasteiger partial charge in [-0.1, -0.05) is 60.5 Å². The number of halogens is 1. The van der Waals surface area contributed by atoms with E-state index in [1.54, 1.807) is 6.07 Å². The second-order valence-corrected chi connectivity index (χ2v) is 7.07. The Hall–Kier alpha value is -1.42. The summed E-state index contributed by atoms with van der Waals surface area (Å²) < 4.78 is 0. The van der Waals surface area contributed by atoms with Gasteiger partial charge in [0.25, 0.3) is 5.91 Å². The summed E-state index contributed by atoms with van der Waals surface area (Å²) in [6.45, 7) is 8.02. The molecule has 1 N–H and O–H groups in total. The Bertz CT molecular complexity index is 634. The lowest BCUT2D eigenvalue weighted by molar-refractivity contribution is -0.117. The minimum absolute atomic E-state index is 0.00450. The molecule has 1 aromatic carbocycles. The van der Waals surface area contributed by atoms with Gasteiger partial charge in [0.05, 0.1) is 5.57 Å². The maximum absolute atomic E-state index is 12.7. The fourth-order valence-corrected chi connectivity index (χ4v) is 3.49. The third-order valence-corrected chi connectivity index (χ3v) is 5.38. The first-order chi connectivity index (χ1) is 10.4. The maximum Gasteiger partial charge on any atom is 0.255 e. The van der Waals surface area contributed by atoms with Gasteiger partial charge in [0.2, 0.25) is 0 Å². The highest BCUT2D eigenvalue weighted by Gasteiger charge is 2.37. The number of rotatable bonds is 5. The SMILES string of the molecule is CCC(C)C(Br)C1=C(C(=O)NC(C)C)C(=O)c2ccccc21. The molecule has 1 aliphatic rings. The average molecular weight is 364 g/mol. The molecule has 4 heteroatoms. The Balaban J connectivity index is 2.57. The van der Waals surface area contributed by atoms with E-state index in [2.05, 4.69) is 35.1 Å². The Labute approximate surface area is 140 Å². The summed E-state index contributed by atoms with van der Waals surface area (Å²) in [5.41, 5.74) is 2.62. The van der Waals surface area contributed by atoms with Crippen LogP contribution in [0.5, 0.6) is 0 Å². The lowest BCUT2D eigenvalue weighted by atomic mass is 9.93. The van der Waals surface area contributed by atoms with Crippen LogP contribution in [0.4, 0.5) is 0 Å². The number of Topliss-reactive ketones (excluding diaryl/α,β-unsaturated/α-hetero) is 1. The zero-order chi connectivity index (χ0) is 16.4. The monoisotopic (exact) mass is 363 g/mol. The van der Waals surface area contributed by atoms with E-state index in [-0.39, 0.29) is 28.1 Å². The van der Waals surface area contributed by atoms with E-state index >= 15 is 0 Å². The van der Waals surface area contributed by atoms with E-state index in [0.717, 1.165) is 17.6 Å². The van der Waals surface area contributed by atoms with Gasteiger partial charge in [-0.25, -0.2) is 0 Å². The number of carbonyl (C=O) groups excluding carboxylic acids is 2. The number of hydrogen-bond donors (Lipinski definition) is 1. The first-order valence-electron chi connectivity index (χ1n) is 7.71. The Morgan fingerprint density at radius 1 is 1.18 bits per heavy atom. The number of ketones is 1. The quantitative estimate of drug-likeness (QED) is 0.635. The summed E-state index contributed by atoms with van der Waals surface area (Å²) in [4.78, 5) is 25.2. The van der Waals surface area contributed by atoms with Crippen LogP contribution in [0.15, 0.2) is 29.8 Å². The highest BCUT2D eigenvalue weighted by Crippen LogP contribution is 2.41. The maximum atomic E-state index is 12.7. The number of carbonyl (C=O) groups is 2. The van der Waals surface area contributed by atoms with Crippen molar-refractivity contribution in [2.75, 3.05) is 0 Å². The molecule has 0 bridgehead atoms. The molecule has 1 aliphatic carbocycles. The van der Waals surface area contributed by atoms with Crippen molar-refractivity contribution in [1.82, 2.24) is 5.32 Å². The van der Waals surface area contributed by atoms with Gasteiger partial charge in [0.1, 0.15) is 0 Å². The minimum atomic E-state index is -0.279. The van der Waals surface area contributed by atoms with Crippen LogP contribution >= 0.6 is 15.9 Å². The molecule has 0 fully saturated rings. The van der Waals surface area contributed by atoms with Crippen molar-refractivity contribution in [2.45, 2.75) is 45.0 Å². The smallest absolute Gasteiger partial charge is 0.255 e. The molecule has 2 atom stereocenters. The second kappa shape index (κ2) is 6.78. The van der Waals surface area contributed by atoms with Gasteiger partial charge in [0, 0.05) is 16.4 Å². The van der Waals surface area contributed by atoms with Gasteiger partial charge in [-0.3, -0.25) is 9.59 Å². The third kappa shape index (κ3) is 3.02. The van der Waals surface area contributed by atoms with Gasteiger partial charge in [-0.2, -0.15) is 0 Å². The molecule has 2 rings (SSSR count).